The van der Waals surface area contributed by atoms with E-state index in [0.29, 0.717) is 18.1 Å². The molecule has 1 fully saturated rings. The largest absolute Gasteiger partial charge is 0.563 e. The predicted octanol–water partition coefficient (Wildman–Crippen LogP) is 8.56. The first-order chi connectivity index (χ1) is 18.2. The summed E-state index contributed by atoms with van der Waals surface area (Å²) in [4.78, 5) is 14.2. The molecule has 0 heterocycles. The summed E-state index contributed by atoms with van der Waals surface area (Å²) in [5.41, 5.74) is 1.82. The lowest BCUT2D eigenvalue weighted by Gasteiger charge is -2.22. The van der Waals surface area contributed by atoms with Gasteiger partial charge in [-0.25, -0.2) is 0 Å². The Hall–Kier alpha value is -2.92. The number of amides is 1. The molecular formula is C31H36BClNO3. The number of rotatable bonds is 9. The maximum absolute atomic E-state index is 12.5. The van der Waals surface area contributed by atoms with E-state index in [1.165, 1.54) is 57.8 Å². The fraction of sp³-hybridized carbons (Fsp3) is 0.387. The molecule has 4 nitrogen and oxygen atoms in total. The summed E-state index contributed by atoms with van der Waals surface area (Å²) >= 11 is 5.88. The summed E-state index contributed by atoms with van der Waals surface area (Å²) in [6.45, 7) is 0.464. The van der Waals surface area contributed by atoms with Gasteiger partial charge in [0.25, 0.3) is 0 Å². The van der Waals surface area contributed by atoms with Gasteiger partial charge in [0.2, 0.25) is 5.91 Å². The average molecular weight is 517 g/mol. The third-order valence-electron chi connectivity index (χ3n) is 6.85. The van der Waals surface area contributed by atoms with Gasteiger partial charge < -0.3 is 14.3 Å². The lowest BCUT2D eigenvalue weighted by Crippen LogP contribution is -2.31. The van der Waals surface area contributed by atoms with E-state index >= 15 is 0 Å². The summed E-state index contributed by atoms with van der Waals surface area (Å²) in [6.07, 6.45) is 11.8. The fourth-order valence-electron chi connectivity index (χ4n) is 4.73. The van der Waals surface area contributed by atoms with Gasteiger partial charge in [-0.1, -0.05) is 88.1 Å². The second kappa shape index (κ2) is 14.7. The number of alkyl halides is 1. The van der Waals surface area contributed by atoms with E-state index in [4.69, 9.17) is 21.0 Å². The maximum Gasteiger partial charge on any atom is 0.373 e. The maximum atomic E-state index is 12.5. The van der Waals surface area contributed by atoms with Crippen molar-refractivity contribution in [1.29, 1.82) is 0 Å². The Labute approximate surface area is 227 Å². The smallest absolute Gasteiger partial charge is 0.373 e. The van der Waals surface area contributed by atoms with E-state index in [2.05, 4.69) is 0 Å². The Bertz CT molecular complexity index is 1070. The number of nitrogens with zero attached hydrogens (tertiary/aromatic N) is 1. The van der Waals surface area contributed by atoms with Crippen molar-refractivity contribution in [3.8, 4) is 17.2 Å². The first-order valence-corrected chi connectivity index (χ1v) is 14.0. The van der Waals surface area contributed by atoms with Gasteiger partial charge in [-0.2, -0.15) is 0 Å². The van der Waals surface area contributed by atoms with Gasteiger partial charge >= 0.3 is 7.48 Å². The molecule has 1 saturated carbocycles. The molecule has 37 heavy (non-hydrogen) atoms. The Kier molecular flexibility index (Phi) is 10.8. The summed E-state index contributed by atoms with van der Waals surface area (Å²) in [5.74, 6) is 2.57. The second-order valence-corrected chi connectivity index (χ2v) is 10.00. The van der Waals surface area contributed by atoms with E-state index in [1.807, 2.05) is 86.3 Å². The van der Waals surface area contributed by atoms with Crippen LogP contribution >= 0.6 is 11.6 Å². The van der Waals surface area contributed by atoms with Crippen molar-refractivity contribution in [1.82, 2.24) is 0 Å². The Morgan fingerprint density at radius 1 is 0.757 bits per heavy atom. The lowest BCUT2D eigenvalue weighted by atomic mass is 9.73. The Morgan fingerprint density at radius 2 is 1.30 bits per heavy atom. The minimum absolute atomic E-state index is 0.0717. The fourth-order valence-corrected chi connectivity index (χ4v) is 4.87. The quantitative estimate of drug-likeness (QED) is 0.211. The van der Waals surface area contributed by atoms with Gasteiger partial charge in [0.1, 0.15) is 17.4 Å². The third kappa shape index (κ3) is 8.86. The van der Waals surface area contributed by atoms with E-state index in [-0.39, 0.29) is 11.8 Å². The SMILES string of the molecule is O=C(CCl)N(Cc1ccccc1)c1ccc(Oc2ccc(O[B]C3CCCCCCCCC3)cc2)cc1. The monoisotopic (exact) mass is 516 g/mol. The van der Waals surface area contributed by atoms with E-state index in [9.17, 15) is 4.79 Å². The van der Waals surface area contributed by atoms with E-state index < -0.39 is 0 Å². The number of hydrogen-bond donors (Lipinski definition) is 0. The number of anilines is 1. The van der Waals surface area contributed by atoms with Crippen LogP contribution in [0.1, 0.15) is 63.4 Å². The number of carbonyl (C=O) groups excluding carboxylic acids is 1. The molecule has 0 bridgehead atoms. The van der Waals surface area contributed by atoms with Crippen LogP contribution in [0.2, 0.25) is 5.82 Å². The highest BCUT2D eigenvalue weighted by molar-refractivity contribution is 6.30. The summed E-state index contributed by atoms with van der Waals surface area (Å²) in [7, 11) is 2.04. The molecule has 0 atom stereocenters. The minimum Gasteiger partial charge on any atom is -0.563 e. The van der Waals surface area contributed by atoms with Crippen molar-refractivity contribution >= 4 is 30.7 Å². The molecule has 0 unspecified atom stereocenters. The molecule has 1 amide bonds. The molecule has 1 aliphatic rings. The van der Waals surface area contributed by atoms with Crippen molar-refractivity contribution in [2.45, 2.75) is 70.1 Å². The van der Waals surface area contributed by atoms with Crippen molar-refractivity contribution in [3.63, 3.8) is 0 Å². The molecular weight excluding hydrogens is 481 g/mol. The average Bonchev–Trinajstić information content (AvgIpc) is 2.95. The van der Waals surface area contributed by atoms with Crippen LogP contribution in [0.15, 0.2) is 78.9 Å². The highest BCUT2D eigenvalue weighted by Gasteiger charge is 2.16. The molecule has 0 saturated heterocycles. The summed E-state index contributed by atoms with van der Waals surface area (Å²) < 4.78 is 12.0. The van der Waals surface area contributed by atoms with Gasteiger partial charge in [-0.05, 0) is 59.9 Å². The first-order valence-electron chi connectivity index (χ1n) is 13.5. The molecule has 4 rings (SSSR count). The molecule has 193 valence electrons. The van der Waals surface area contributed by atoms with Crippen LogP contribution in [-0.4, -0.2) is 19.3 Å². The Morgan fingerprint density at radius 3 is 1.89 bits per heavy atom. The van der Waals surface area contributed by atoms with Gasteiger partial charge in [0.05, 0.1) is 12.3 Å². The third-order valence-corrected chi connectivity index (χ3v) is 7.08. The van der Waals surface area contributed by atoms with Crippen LogP contribution in [0.25, 0.3) is 0 Å². The molecule has 3 aromatic carbocycles. The minimum atomic E-state index is -0.142. The molecule has 0 N–H and O–H groups in total. The molecule has 0 aliphatic heterocycles. The number of hydrogen-bond acceptors (Lipinski definition) is 3. The summed E-state index contributed by atoms with van der Waals surface area (Å²) in [6, 6.07) is 25.1. The number of ether oxygens (including phenoxy) is 1. The predicted molar refractivity (Wildman–Crippen MR) is 153 cm³/mol. The first kappa shape index (κ1) is 27.1. The van der Waals surface area contributed by atoms with Crippen LogP contribution in [0.3, 0.4) is 0 Å². The van der Waals surface area contributed by atoms with Gasteiger partial charge in [0.15, 0.2) is 0 Å². The van der Waals surface area contributed by atoms with Crippen molar-refractivity contribution in [2.24, 2.45) is 0 Å². The highest BCUT2D eigenvalue weighted by atomic mass is 35.5. The van der Waals surface area contributed by atoms with Crippen molar-refractivity contribution < 1.29 is 14.2 Å². The van der Waals surface area contributed by atoms with Crippen LogP contribution in [-0.2, 0) is 11.3 Å². The number of benzene rings is 3. The Balaban J connectivity index is 1.31. The zero-order valence-electron chi connectivity index (χ0n) is 21.5. The van der Waals surface area contributed by atoms with Gasteiger partial charge in [0, 0.05) is 5.69 Å². The zero-order chi connectivity index (χ0) is 25.7. The van der Waals surface area contributed by atoms with Crippen LogP contribution in [0.4, 0.5) is 5.69 Å². The molecule has 0 spiro atoms. The van der Waals surface area contributed by atoms with Crippen molar-refractivity contribution in [2.75, 3.05) is 10.8 Å². The standard InChI is InChI=1S/C31H36BClNO3/c33-23-31(35)34(24-25-11-7-6-8-12-25)27-15-17-28(18-16-27)36-29-19-21-30(22-20-29)37-32-26-13-9-4-2-1-3-5-10-14-26/h6-8,11-12,15-22,26H,1-5,9-10,13-14,23-24H2. The highest BCUT2D eigenvalue weighted by Crippen LogP contribution is 2.29. The molecule has 3 aromatic rings. The van der Waals surface area contributed by atoms with Gasteiger partial charge in [-0.15, -0.1) is 11.6 Å². The topological polar surface area (TPSA) is 38.8 Å². The number of carbonyl (C=O) groups is 1. The summed E-state index contributed by atoms with van der Waals surface area (Å²) in [5, 5.41) is 0. The second-order valence-electron chi connectivity index (χ2n) is 9.73. The van der Waals surface area contributed by atoms with E-state index in [0.717, 1.165) is 22.7 Å². The molecule has 0 aromatic heterocycles. The van der Waals surface area contributed by atoms with Gasteiger partial charge in [-0.3, -0.25) is 4.79 Å². The van der Waals surface area contributed by atoms with Crippen LogP contribution < -0.4 is 14.3 Å². The normalized spacial score (nSPS) is 14.9. The lowest BCUT2D eigenvalue weighted by molar-refractivity contribution is -0.116. The molecule has 6 heteroatoms. The van der Waals surface area contributed by atoms with Crippen LogP contribution in [0, 0.1) is 0 Å². The van der Waals surface area contributed by atoms with Crippen molar-refractivity contribution in [3.05, 3.63) is 84.4 Å². The molecule has 1 aliphatic carbocycles. The number of halogens is 1. The molecule has 1 radical (unpaired) electrons. The van der Waals surface area contributed by atoms with Crippen LogP contribution in [0.5, 0.6) is 17.2 Å². The van der Waals surface area contributed by atoms with E-state index in [1.54, 1.807) is 4.90 Å². The zero-order valence-corrected chi connectivity index (χ0v) is 22.2.